The van der Waals surface area contributed by atoms with Gasteiger partial charge in [-0.1, -0.05) is 48.0 Å². The molecule has 1 unspecified atom stereocenters. The molecular formula is C25H24O3P. The minimum atomic E-state index is -2.42. The third kappa shape index (κ3) is 3.97. The molecule has 0 aromatic heterocycles. The minimum absolute atomic E-state index is 0.201. The highest BCUT2D eigenvalue weighted by Crippen LogP contribution is 2.32. The summed E-state index contributed by atoms with van der Waals surface area (Å²) in [5.41, 5.74) is 5.36. The van der Waals surface area contributed by atoms with Gasteiger partial charge in [0, 0.05) is 16.7 Å². The zero-order chi connectivity index (χ0) is 21.3. The highest BCUT2D eigenvalue weighted by molar-refractivity contribution is 7.71. The molecule has 3 aromatic rings. The van der Waals surface area contributed by atoms with Crippen molar-refractivity contribution in [2.75, 3.05) is 0 Å². The fourth-order valence-electron chi connectivity index (χ4n) is 3.88. The van der Waals surface area contributed by atoms with Crippen LogP contribution in [0.1, 0.15) is 54.1 Å². The Morgan fingerprint density at radius 3 is 1.83 bits per heavy atom. The monoisotopic (exact) mass is 403 g/mol. The number of carbonyl (C=O) groups is 2. The third-order valence-corrected chi connectivity index (χ3v) is 6.57. The van der Waals surface area contributed by atoms with Gasteiger partial charge in [-0.3, -0.25) is 14.2 Å². The van der Waals surface area contributed by atoms with Crippen LogP contribution in [0.2, 0.25) is 0 Å². The van der Waals surface area contributed by atoms with Gasteiger partial charge in [0.15, 0.2) is 13.6 Å². The second-order valence-corrected chi connectivity index (χ2v) is 8.96. The zero-order valence-electron chi connectivity index (χ0n) is 17.4. The SMILES string of the molecule is Cc1cc(C)c(C(=O)c2ccccc2[P](=O)C(=O)c2c(C)cccc2C)c(C)c1. The molecule has 0 aliphatic carbocycles. The van der Waals surface area contributed by atoms with Crippen molar-refractivity contribution in [3.63, 3.8) is 0 Å². The van der Waals surface area contributed by atoms with Crippen LogP contribution in [0.3, 0.4) is 0 Å². The lowest BCUT2D eigenvalue weighted by Gasteiger charge is -2.13. The molecule has 147 valence electrons. The van der Waals surface area contributed by atoms with Crippen molar-refractivity contribution in [3.05, 3.63) is 99.1 Å². The van der Waals surface area contributed by atoms with Crippen LogP contribution in [-0.2, 0) is 4.57 Å². The molecule has 0 aliphatic heterocycles. The van der Waals surface area contributed by atoms with Crippen LogP contribution in [0.4, 0.5) is 0 Å². The highest BCUT2D eigenvalue weighted by Gasteiger charge is 2.26. The van der Waals surface area contributed by atoms with Crippen molar-refractivity contribution in [1.82, 2.24) is 0 Å². The van der Waals surface area contributed by atoms with Gasteiger partial charge in [0.1, 0.15) is 0 Å². The molecule has 0 saturated carbocycles. The van der Waals surface area contributed by atoms with Crippen molar-refractivity contribution >= 4 is 24.4 Å². The zero-order valence-corrected chi connectivity index (χ0v) is 18.3. The predicted octanol–water partition coefficient (Wildman–Crippen LogP) is 5.75. The van der Waals surface area contributed by atoms with E-state index in [4.69, 9.17) is 0 Å². The Morgan fingerprint density at radius 1 is 0.690 bits per heavy atom. The molecule has 3 rings (SSSR count). The first-order valence-electron chi connectivity index (χ1n) is 9.51. The molecule has 0 spiro atoms. The molecule has 0 heterocycles. The molecule has 29 heavy (non-hydrogen) atoms. The van der Waals surface area contributed by atoms with Crippen LogP contribution in [0, 0.1) is 34.6 Å². The summed E-state index contributed by atoms with van der Waals surface area (Å²) in [6, 6.07) is 16.2. The van der Waals surface area contributed by atoms with Crippen LogP contribution >= 0.6 is 7.80 Å². The summed E-state index contributed by atoms with van der Waals surface area (Å²) in [7, 11) is -2.42. The number of hydrogen-bond acceptors (Lipinski definition) is 3. The molecule has 0 amide bonds. The summed E-state index contributed by atoms with van der Waals surface area (Å²) >= 11 is 0. The van der Waals surface area contributed by atoms with E-state index in [9.17, 15) is 14.2 Å². The van der Waals surface area contributed by atoms with E-state index in [-0.39, 0.29) is 5.78 Å². The van der Waals surface area contributed by atoms with Gasteiger partial charge in [-0.2, -0.15) is 0 Å². The van der Waals surface area contributed by atoms with Gasteiger partial charge >= 0.3 is 0 Å². The number of aryl methyl sites for hydroxylation is 5. The lowest BCUT2D eigenvalue weighted by Crippen LogP contribution is -2.18. The first-order chi connectivity index (χ1) is 13.7. The van der Waals surface area contributed by atoms with E-state index in [0.29, 0.717) is 22.0 Å². The molecular weight excluding hydrogens is 379 g/mol. The molecule has 1 radical (unpaired) electrons. The normalized spacial score (nSPS) is 11.3. The largest absolute Gasteiger partial charge is 0.289 e. The number of hydrogen-bond donors (Lipinski definition) is 0. The van der Waals surface area contributed by atoms with E-state index < -0.39 is 13.3 Å². The molecule has 0 bridgehead atoms. The van der Waals surface area contributed by atoms with Crippen LogP contribution in [0.15, 0.2) is 54.6 Å². The van der Waals surface area contributed by atoms with Crippen molar-refractivity contribution in [2.24, 2.45) is 0 Å². The van der Waals surface area contributed by atoms with E-state index in [2.05, 4.69) is 0 Å². The van der Waals surface area contributed by atoms with Crippen molar-refractivity contribution in [1.29, 1.82) is 0 Å². The Hall–Kier alpha value is -2.90. The van der Waals surface area contributed by atoms with Crippen LogP contribution in [0.5, 0.6) is 0 Å². The number of ketones is 1. The maximum atomic E-state index is 13.4. The van der Waals surface area contributed by atoms with E-state index in [0.717, 1.165) is 27.8 Å². The Kier molecular flexibility index (Phi) is 5.91. The molecule has 4 heteroatoms. The molecule has 0 saturated heterocycles. The number of benzene rings is 3. The van der Waals surface area contributed by atoms with Gasteiger partial charge in [0.25, 0.3) is 0 Å². The first-order valence-corrected chi connectivity index (χ1v) is 10.8. The fraction of sp³-hybridized carbons (Fsp3) is 0.200. The second-order valence-electron chi connectivity index (χ2n) is 7.49. The summed E-state index contributed by atoms with van der Waals surface area (Å²) in [5, 5.41) is 0.291. The Balaban J connectivity index is 2.10. The quantitative estimate of drug-likeness (QED) is 0.402. The predicted molar refractivity (Wildman–Crippen MR) is 118 cm³/mol. The van der Waals surface area contributed by atoms with Gasteiger partial charge in [-0.15, -0.1) is 0 Å². The van der Waals surface area contributed by atoms with Crippen LogP contribution in [0.25, 0.3) is 0 Å². The summed E-state index contributed by atoms with van der Waals surface area (Å²) in [6.45, 7) is 9.46. The van der Waals surface area contributed by atoms with E-state index in [1.54, 1.807) is 24.3 Å². The molecule has 0 aliphatic rings. The Labute approximate surface area is 172 Å². The summed E-state index contributed by atoms with van der Waals surface area (Å²) in [6.07, 6.45) is 0. The number of rotatable bonds is 5. The summed E-state index contributed by atoms with van der Waals surface area (Å²) in [5.74, 6) is -0.201. The number of carbonyl (C=O) groups excluding carboxylic acids is 2. The standard InChI is InChI=1S/C25H24O3P/c1-15-13-18(4)22(19(5)14-15)24(26)20-11-6-7-12-21(20)29(28)25(27)23-16(2)9-8-10-17(23)3/h6-14H,1-5H3. The first kappa shape index (κ1) is 20.8. The maximum Gasteiger partial charge on any atom is 0.247 e. The topological polar surface area (TPSA) is 51.2 Å². The van der Waals surface area contributed by atoms with Crippen molar-refractivity contribution in [2.45, 2.75) is 34.6 Å². The lowest BCUT2D eigenvalue weighted by atomic mass is 9.93. The summed E-state index contributed by atoms with van der Waals surface area (Å²) in [4.78, 5) is 26.5. The molecule has 1 atom stereocenters. The van der Waals surface area contributed by atoms with Crippen LogP contribution < -0.4 is 5.30 Å². The average Bonchev–Trinajstić information content (AvgIpc) is 2.66. The van der Waals surface area contributed by atoms with Gasteiger partial charge in [0.2, 0.25) is 5.52 Å². The molecule has 0 N–H and O–H groups in total. The molecule has 0 fully saturated rings. The highest BCUT2D eigenvalue weighted by atomic mass is 31.1. The lowest BCUT2D eigenvalue weighted by molar-refractivity contribution is 0.103. The maximum absolute atomic E-state index is 13.4. The Morgan fingerprint density at radius 2 is 1.24 bits per heavy atom. The minimum Gasteiger partial charge on any atom is -0.289 e. The van der Waals surface area contributed by atoms with Crippen molar-refractivity contribution in [3.8, 4) is 0 Å². The smallest absolute Gasteiger partial charge is 0.247 e. The van der Waals surface area contributed by atoms with Crippen molar-refractivity contribution < 1.29 is 14.2 Å². The van der Waals surface area contributed by atoms with E-state index in [1.165, 1.54) is 0 Å². The van der Waals surface area contributed by atoms with Gasteiger partial charge in [-0.05, 0) is 69.0 Å². The fourth-order valence-corrected chi connectivity index (χ4v) is 5.27. The van der Waals surface area contributed by atoms with Gasteiger partial charge in [-0.25, -0.2) is 0 Å². The second kappa shape index (κ2) is 8.23. The van der Waals surface area contributed by atoms with E-state index >= 15 is 0 Å². The third-order valence-electron chi connectivity index (χ3n) is 5.15. The molecule has 3 nitrogen and oxygen atoms in total. The van der Waals surface area contributed by atoms with Gasteiger partial charge in [0.05, 0.1) is 5.30 Å². The van der Waals surface area contributed by atoms with Crippen LogP contribution in [-0.4, -0.2) is 11.3 Å². The van der Waals surface area contributed by atoms with Gasteiger partial charge < -0.3 is 0 Å². The van der Waals surface area contributed by atoms with E-state index in [1.807, 2.05) is 65.0 Å². The Bertz CT molecular complexity index is 1120. The summed E-state index contributed by atoms with van der Waals surface area (Å²) < 4.78 is 13.3. The molecule has 3 aromatic carbocycles. The average molecular weight is 403 g/mol.